The van der Waals surface area contributed by atoms with Gasteiger partial charge in [0.05, 0.1) is 16.8 Å². The Kier molecular flexibility index (Phi) is 5.02. The first kappa shape index (κ1) is 19.8. The minimum Gasteiger partial charge on any atom is -0.383 e. The summed E-state index contributed by atoms with van der Waals surface area (Å²) in [4.78, 5) is 12.1. The molecular formula is C24H25ClN6. The Hall–Kier alpha value is -3.12. The summed E-state index contributed by atoms with van der Waals surface area (Å²) in [5.41, 5.74) is 11.0. The average molecular weight is 433 g/mol. The summed E-state index contributed by atoms with van der Waals surface area (Å²) in [6, 6.07) is 15.8. The van der Waals surface area contributed by atoms with Crippen molar-refractivity contribution in [1.29, 1.82) is 0 Å². The molecule has 3 heterocycles. The number of halogens is 1. The van der Waals surface area contributed by atoms with Crippen LogP contribution in [0.5, 0.6) is 0 Å². The number of aromatic nitrogens is 4. The number of nitrogens with two attached hydrogens (primary N) is 1. The molecule has 7 heteroatoms. The number of aryl methyl sites for hydroxylation is 1. The van der Waals surface area contributed by atoms with Gasteiger partial charge in [-0.3, -0.25) is 0 Å². The van der Waals surface area contributed by atoms with Crippen molar-refractivity contribution in [2.45, 2.75) is 26.7 Å². The van der Waals surface area contributed by atoms with E-state index in [0.717, 1.165) is 59.7 Å². The zero-order chi connectivity index (χ0) is 21.5. The van der Waals surface area contributed by atoms with E-state index >= 15 is 0 Å². The van der Waals surface area contributed by atoms with Gasteiger partial charge in [-0.25, -0.2) is 9.67 Å². The fraction of sp³-hybridized carbons (Fsp3) is 0.292. The number of nitrogen functional groups attached to an aromatic ring is 1. The molecule has 0 saturated carbocycles. The Labute approximate surface area is 186 Å². The maximum absolute atomic E-state index is 6.62. The molecule has 1 aliphatic rings. The van der Waals surface area contributed by atoms with Crippen LogP contribution in [-0.4, -0.2) is 32.8 Å². The van der Waals surface area contributed by atoms with Gasteiger partial charge in [-0.2, -0.15) is 4.98 Å². The Balaban J connectivity index is 1.71. The van der Waals surface area contributed by atoms with Gasteiger partial charge in [-0.15, -0.1) is 5.10 Å². The SMILES string of the molecule is Cc1cccc(-n2nc3nc(N4CCC(C)CC4)nc(-c4ccc(Cl)cc4)c3c2N)c1. The Morgan fingerprint density at radius 1 is 1.03 bits per heavy atom. The van der Waals surface area contributed by atoms with E-state index in [2.05, 4.69) is 30.9 Å². The molecule has 2 N–H and O–H groups in total. The van der Waals surface area contributed by atoms with E-state index in [1.807, 2.05) is 36.4 Å². The van der Waals surface area contributed by atoms with Crippen molar-refractivity contribution in [2.75, 3.05) is 23.7 Å². The van der Waals surface area contributed by atoms with Gasteiger partial charge in [0, 0.05) is 23.7 Å². The Morgan fingerprint density at radius 3 is 2.48 bits per heavy atom. The number of benzene rings is 2. The lowest BCUT2D eigenvalue weighted by Gasteiger charge is -2.30. The molecule has 0 aliphatic carbocycles. The van der Waals surface area contributed by atoms with Crippen LogP contribution >= 0.6 is 11.6 Å². The average Bonchev–Trinajstić information content (AvgIpc) is 3.11. The monoisotopic (exact) mass is 432 g/mol. The molecule has 4 aromatic rings. The first-order valence-electron chi connectivity index (χ1n) is 10.6. The minimum atomic E-state index is 0.532. The van der Waals surface area contributed by atoms with Crippen molar-refractivity contribution in [3.63, 3.8) is 0 Å². The minimum absolute atomic E-state index is 0.532. The molecule has 2 aromatic heterocycles. The largest absolute Gasteiger partial charge is 0.383 e. The standard InChI is InChI=1S/C24H25ClN6/c1-15-10-12-30(13-11-15)24-27-21(17-6-8-18(25)9-7-17)20-22(26)31(29-23(20)28-24)19-5-3-4-16(2)14-19/h3-9,14-15H,10-13,26H2,1-2H3. The molecule has 158 valence electrons. The molecule has 1 aliphatic heterocycles. The molecule has 0 amide bonds. The fourth-order valence-electron chi connectivity index (χ4n) is 4.12. The maximum atomic E-state index is 6.62. The number of hydrogen-bond donors (Lipinski definition) is 1. The predicted octanol–water partition coefficient (Wildman–Crippen LogP) is 5.26. The van der Waals surface area contributed by atoms with Crippen molar-refractivity contribution in [3.8, 4) is 16.9 Å². The Bertz CT molecular complexity index is 1240. The Morgan fingerprint density at radius 2 is 1.77 bits per heavy atom. The summed E-state index contributed by atoms with van der Waals surface area (Å²) in [6.07, 6.45) is 2.27. The van der Waals surface area contributed by atoms with Crippen molar-refractivity contribution < 1.29 is 0 Å². The highest BCUT2D eigenvalue weighted by molar-refractivity contribution is 6.30. The highest BCUT2D eigenvalue weighted by Gasteiger charge is 2.23. The maximum Gasteiger partial charge on any atom is 0.228 e. The molecule has 6 nitrogen and oxygen atoms in total. The van der Waals surface area contributed by atoms with Crippen LogP contribution in [0.15, 0.2) is 48.5 Å². The molecule has 0 atom stereocenters. The molecule has 0 spiro atoms. The molecule has 31 heavy (non-hydrogen) atoms. The van der Waals surface area contributed by atoms with Gasteiger partial charge in [0.25, 0.3) is 0 Å². The molecule has 1 saturated heterocycles. The van der Waals surface area contributed by atoms with Crippen LogP contribution in [0.25, 0.3) is 28.0 Å². The number of hydrogen-bond acceptors (Lipinski definition) is 5. The van der Waals surface area contributed by atoms with Gasteiger partial charge in [0.1, 0.15) is 5.82 Å². The van der Waals surface area contributed by atoms with Gasteiger partial charge >= 0.3 is 0 Å². The third-order valence-electron chi connectivity index (χ3n) is 5.99. The van der Waals surface area contributed by atoms with Gasteiger partial charge in [-0.05, 0) is 55.5 Å². The van der Waals surface area contributed by atoms with E-state index in [-0.39, 0.29) is 0 Å². The molecule has 5 rings (SSSR count). The van der Waals surface area contributed by atoms with Crippen molar-refractivity contribution in [1.82, 2.24) is 19.7 Å². The van der Waals surface area contributed by atoms with E-state index in [0.29, 0.717) is 22.4 Å². The highest BCUT2D eigenvalue weighted by Crippen LogP contribution is 2.34. The molecule has 0 bridgehead atoms. The topological polar surface area (TPSA) is 72.9 Å². The second-order valence-corrected chi connectivity index (χ2v) is 8.82. The summed E-state index contributed by atoms with van der Waals surface area (Å²) in [5.74, 6) is 1.97. The van der Waals surface area contributed by atoms with Crippen LogP contribution in [0.4, 0.5) is 11.8 Å². The van der Waals surface area contributed by atoms with Gasteiger partial charge < -0.3 is 10.6 Å². The molecular weight excluding hydrogens is 408 g/mol. The highest BCUT2D eigenvalue weighted by atomic mass is 35.5. The number of anilines is 2. The third kappa shape index (κ3) is 3.72. The van der Waals surface area contributed by atoms with E-state index in [9.17, 15) is 0 Å². The molecule has 2 aromatic carbocycles. The lowest BCUT2D eigenvalue weighted by atomic mass is 9.99. The van der Waals surface area contributed by atoms with Gasteiger partial charge in [-0.1, -0.05) is 42.8 Å². The lowest BCUT2D eigenvalue weighted by molar-refractivity contribution is 0.435. The lowest BCUT2D eigenvalue weighted by Crippen LogP contribution is -2.34. The van der Waals surface area contributed by atoms with Crippen LogP contribution < -0.4 is 10.6 Å². The first-order chi connectivity index (χ1) is 15.0. The summed E-state index contributed by atoms with van der Waals surface area (Å²) >= 11 is 6.13. The number of piperidine rings is 1. The molecule has 0 unspecified atom stereocenters. The zero-order valence-electron chi connectivity index (χ0n) is 17.7. The van der Waals surface area contributed by atoms with Gasteiger partial charge in [0.2, 0.25) is 5.95 Å². The van der Waals surface area contributed by atoms with Crippen molar-refractivity contribution in [3.05, 3.63) is 59.1 Å². The summed E-state index contributed by atoms with van der Waals surface area (Å²) in [5, 5.41) is 6.23. The quantitative estimate of drug-likeness (QED) is 0.477. The zero-order valence-corrected chi connectivity index (χ0v) is 18.5. The van der Waals surface area contributed by atoms with Crippen molar-refractivity contribution in [2.24, 2.45) is 5.92 Å². The van der Waals surface area contributed by atoms with Crippen LogP contribution in [0, 0.1) is 12.8 Å². The second-order valence-electron chi connectivity index (χ2n) is 8.38. The van der Waals surface area contributed by atoms with E-state index in [1.54, 1.807) is 4.68 Å². The van der Waals surface area contributed by atoms with E-state index in [4.69, 9.17) is 32.4 Å². The van der Waals surface area contributed by atoms with Crippen LogP contribution in [0.3, 0.4) is 0 Å². The van der Waals surface area contributed by atoms with E-state index < -0.39 is 0 Å². The normalized spacial score (nSPS) is 15.0. The number of fused-ring (bicyclic) bond motifs is 1. The summed E-state index contributed by atoms with van der Waals surface area (Å²) in [7, 11) is 0. The third-order valence-corrected chi connectivity index (χ3v) is 6.24. The molecule has 1 fully saturated rings. The molecule has 0 radical (unpaired) electrons. The van der Waals surface area contributed by atoms with Crippen LogP contribution in [-0.2, 0) is 0 Å². The van der Waals surface area contributed by atoms with Crippen molar-refractivity contribution >= 4 is 34.4 Å². The number of nitrogens with zero attached hydrogens (tertiary/aromatic N) is 5. The van der Waals surface area contributed by atoms with Crippen LogP contribution in [0.1, 0.15) is 25.3 Å². The summed E-state index contributed by atoms with van der Waals surface area (Å²) in [6.45, 7) is 6.24. The second kappa shape index (κ2) is 7.85. The predicted molar refractivity (Wildman–Crippen MR) is 127 cm³/mol. The smallest absolute Gasteiger partial charge is 0.228 e. The number of rotatable bonds is 3. The first-order valence-corrected chi connectivity index (χ1v) is 11.0. The fourth-order valence-corrected chi connectivity index (χ4v) is 4.25. The van der Waals surface area contributed by atoms with E-state index in [1.165, 1.54) is 0 Å². The van der Waals surface area contributed by atoms with Crippen LogP contribution in [0.2, 0.25) is 5.02 Å². The van der Waals surface area contributed by atoms with Gasteiger partial charge in [0.15, 0.2) is 5.65 Å². The summed E-state index contributed by atoms with van der Waals surface area (Å²) < 4.78 is 1.76.